The van der Waals surface area contributed by atoms with Gasteiger partial charge in [0.2, 0.25) is 0 Å². The second kappa shape index (κ2) is 27.1. The lowest BCUT2D eigenvalue weighted by Crippen LogP contribution is -2.37. The van der Waals surface area contributed by atoms with E-state index in [9.17, 15) is 41.2 Å². The first-order chi connectivity index (χ1) is 41.3. The van der Waals surface area contributed by atoms with Crippen molar-refractivity contribution in [2.24, 2.45) is 0 Å². The number of nitrogens with zero attached hydrogens (tertiary/aromatic N) is 6. The van der Waals surface area contributed by atoms with Crippen molar-refractivity contribution in [1.29, 1.82) is 5.26 Å². The van der Waals surface area contributed by atoms with Gasteiger partial charge < -0.3 is 24.6 Å². The number of nitrogens with one attached hydrogen (secondary N) is 1. The Bertz CT molecular complexity index is 3660. The molecule has 0 atom stereocenters. The summed E-state index contributed by atoms with van der Waals surface area (Å²) in [5, 5.41) is 14.0. The molecule has 1 N–H and O–H groups in total. The van der Waals surface area contributed by atoms with Crippen LogP contribution in [0.3, 0.4) is 0 Å². The van der Waals surface area contributed by atoms with Crippen LogP contribution in [0.25, 0.3) is 16.7 Å². The number of ether oxygens (including phenoxy) is 2. The minimum absolute atomic E-state index is 0.215. The monoisotopic (exact) mass is 1330 g/mol. The molecular formula is C66H62Cl2F6IN7O4. The van der Waals surface area contributed by atoms with Gasteiger partial charge in [0.25, 0.3) is 0 Å². The molecule has 6 aromatic rings. The molecule has 0 bridgehead atoms. The van der Waals surface area contributed by atoms with E-state index in [4.69, 9.17) is 37.7 Å². The van der Waals surface area contributed by atoms with Crippen molar-refractivity contribution in [3.8, 4) is 6.07 Å². The molecule has 20 heteroatoms. The molecule has 3 aromatic heterocycles. The highest BCUT2D eigenvalue weighted by atomic mass is 127. The van der Waals surface area contributed by atoms with Crippen LogP contribution in [0.4, 0.5) is 35.9 Å². The number of fused-ring (bicyclic) bond motifs is 6. The van der Waals surface area contributed by atoms with E-state index in [0.29, 0.717) is 111 Å². The van der Waals surface area contributed by atoms with Crippen molar-refractivity contribution in [2.45, 2.75) is 103 Å². The first kappa shape index (κ1) is 62.3. The smallest absolute Gasteiger partial charge is 0.417 e. The molecule has 11 nitrogen and oxygen atoms in total. The van der Waals surface area contributed by atoms with E-state index >= 15 is 0 Å². The molecule has 448 valence electrons. The maximum absolute atomic E-state index is 13.3. The van der Waals surface area contributed by atoms with Gasteiger partial charge in [-0.25, -0.2) is 9.59 Å². The number of carbonyl (C=O) groups is 2. The fraction of sp³-hybridized carbons (Fsp3) is 0.364. The van der Waals surface area contributed by atoms with Gasteiger partial charge in [-0.1, -0.05) is 58.1 Å². The summed E-state index contributed by atoms with van der Waals surface area (Å²) >= 11 is 14.8. The first-order valence-corrected chi connectivity index (χ1v) is 30.7. The fourth-order valence-electron chi connectivity index (χ4n) is 12.3. The number of carbonyl (C=O) groups excluding carboxylic acids is 2. The normalized spacial score (nSPS) is 16.6. The van der Waals surface area contributed by atoms with Gasteiger partial charge >= 0.3 is 24.5 Å². The summed E-state index contributed by atoms with van der Waals surface area (Å²) in [6.07, 6.45) is 2.96. The molecule has 3 saturated heterocycles. The Labute approximate surface area is 519 Å². The van der Waals surface area contributed by atoms with Gasteiger partial charge in [0, 0.05) is 75.1 Å². The third kappa shape index (κ3) is 14.1. The lowest BCUT2D eigenvalue weighted by Gasteiger charge is -2.29. The highest BCUT2D eigenvalue weighted by molar-refractivity contribution is 14.1. The van der Waals surface area contributed by atoms with Gasteiger partial charge in [-0.05, 0) is 231 Å². The number of halogens is 9. The molecule has 0 saturated carbocycles. The van der Waals surface area contributed by atoms with Crippen LogP contribution in [0.1, 0.15) is 136 Å². The molecular weight excluding hydrogens is 1270 g/mol. The van der Waals surface area contributed by atoms with E-state index < -0.39 is 23.5 Å². The van der Waals surface area contributed by atoms with E-state index in [-0.39, 0.29) is 12.2 Å². The molecule has 0 spiro atoms. The summed E-state index contributed by atoms with van der Waals surface area (Å²) < 4.78 is 90.8. The Kier molecular flexibility index (Phi) is 19.6. The first-order valence-electron chi connectivity index (χ1n) is 28.9. The number of hydrogen-bond donors (Lipinski definition) is 1. The number of alkyl halides is 6. The van der Waals surface area contributed by atoms with Crippen LogP contribution >= 0.6 is 45.8 Å². The van der Waals surface area contributed by atoms with Crippen molar-refractivity contribution >= 4 is 74.7 Å². The van der Waals surface area contributed by atoms with Gasteiger partial charge in [-0.3, -0.25) is 15.0 Å². The summed E-state index contributed by atoms with van der Waals surface area (Å²) in [6, 6.07) is 24.2. The summed E-state index contributed by atoms with van der Waals surface area (Å²) in [6.45, 7) is 8.36. The molecule has 0 radical (unpaired) electrons. The second-order valence-electron chi connectivity index (χ2n) is 21.8. The number of amides is 2. The molecule has 2 amide bonds. The zero-order valence-corrected chi connectivity index (χ0v) is 51.2. The van der Waals surface area contributed by atoms with E-state index in [2.05, 4.69) is 62.1 Å². The average Bonchev–Trinajstić information content (AvgIpc) is 2.59. The Balaban J connectivity index is 0.000000144. The molecule has 0 unspecified atom stereocenters. The quantitative estimate of drug-likeness (QED) is 0.133. The van der Waals surface area contributed by atoms with E-state index in [1.165, 1.54) is 45.5 Å². The van der Waals surface area contributed by atoms with Gasteiger partial charge in [-0.2, -0.15) is 31.6 Å². The standard InChI is InChI=1S/C24H22F3N3O2.C22H22ClIN2O2.C20H18ClF3N2/c1-2-32-23(31)30-9-7-16(8-10-30)21-20-6-3-15(13-28)11-17(20)4-5-18-12-19(24(25,26)27)14-29-22(18)21;1-2-28-22(27)26-9-7-14(8-10-26)20-19-6-5-17(23)11-15(19)3-4-16-12-18(24)13-25-21(16)20;21-16-3-4-17-13(10-16)1-2-14-9-15(20(22,23)24)11-26-19(14)18(17)12-5-7-25-8-6-12/h3,6,11-12,14H,2,4-5,7-10H2,1H3;5-6,11-13H,2-4,7-10H2,1H3;3-4,9-11,25H,1-2,5-8H2. The van der Waals surface area contributed by atoms with Gasteiger partial charge in [0.1, 0.15) is 0 Å². The Morgan fingerprint density at radius 1 is 0.535 bits per heavy atom. The molecule has 3 aliphatic carbocycles. The van der Waals surface area contributed by atoms with Gasteiger partial charge in [0.05, 0.1) is 53.1 Å². The minimum atomic E-state index is -4.46. The number of hydrogen-bond acceptors (Lipinski definition) is 9. The van der Waals surface area contributed by atoms with Gasteiger partial charge in [-0.15, -0.1) is 0 Å². The van der Waals surface area contributed by atoms with Crippen molar-refractivity contribution < 1.29 is 45.4 Å². The van der Waals surface area contributed by atoms with Crippen molar-refractivity contribution in [2.75, 3.05) is 52.5 Å². The summed E-state index contributed by atoms with van der Waals surface area (Å²) in [4.78, 5) is 41.0. The molecule has 6 heterocycles. The second-order valence-corrected chi connectivity index (χ2v) is 23.9. The topological polar surface area (TPSA) is 134 Å². The van der Waals surface area contributed by atoms with Crippen LogP contribution < -0.4 is 5.32 Å². The molecule has 3 aromatic carbocycles. The Hall–Kier alpha value is -6.79. The third-order valence-corrected chi connectivity index (χ3v) is 17.5. The van der Waals surface area contributed by atoms with Crippen molar-refractivity contribution in [3.05, 3.63) is 206 Å². The molecule has 86 heavy (non-hydrogen) atoms. The molecule has 12 rings (SSSR count). The van der Waals surface area contributed by atoms with E-state index in [0.717, 1.165) is 117 Å². The molecule has 6 aliphatic rings. The summed E-state index contributed by atoms with van der Waals surface area (Å²) in [5.41, 5.74) is 17.1. The van der Waals surface area contributed by atoms with Gasteiger partial charge in [0.15, 0.2) is 0 Å². The summed E-state index contributed by atoms with van der Waals surface area (Å²) in [5.74, 6) is 0. The van der Waals surface area contributed by atoms with Crippen LogP contribution in [0.2, 0.25) is 10.0 Å². The molecule has 3 fully saturated rings. The largest absolute Gasteiger partial charge is 0.450 e. The number of aryl methyl sites for hydroxylation is 6. The van der Waals surface area contributed by atoms with E-state index in [1.807, 2.05) is 43.5 Å². The Morgan fingerprint density at radius 2 is 0.907 bits per heavy atom. The predicted molar refractivity (Wildman–Crippen MR) is 328 cm³/mol. The SMILES string of the molecule is CCOC(=O)N1CCC(=C2c3ccc(C#N)cc3CCc3cc(C(F)(F)F)cnc32)CC1.CCOC(=O)N1CCC(=C2c3ccc(Cl)cc3CCc3cc(I)cnc32)CC1.FC(F)(F)c1cnc2c(c1)CCc1cc(Cl)ccc1C2=C1CCNCC1. The van der Waals surface area contributed by atoms with E-state index in [1.54, 1.807) is 28.9 Å². The number of piperidine rings is 3. The van der Waals surface area contributed by atoms with Crippen LogP contribution in [0.5, 0.6) is 0 Å². The van der Waals surface area contributed by atoms with Crippen molar-refractivity contribution in [3.63, 3.8) is 0 Å². The number of benzene rings is 3. The zero-order valence-electron chi connectivity index (χ0n) is 47.5. The average molecular weight is 1330 g/mol. The lowest BCUT2D eigenvalue weighted by atomic mass is 9.88. The zero-order chi connectivity index (χ0) is 60.9. The lowest BCUT2D eigenvalue weighted by molar-refractivity contribution is -0.138. The summed E-state index contributed by atoms with van der Waals surface area (Å²) in [7, 11) is 0. The maximum atomic E-state index is 13.3. The highest BCUT2D eigenvalue weighted by Gasteiger charge is 2.36. The number of aromatic nitrogens is 3. The minimum Gasteiger partial charge on any atom is -0.450 e. The number of likely N-dealkylation sites (tertiary alicyclic amines) is 2. The molecule has 3 aliphatic heterocycles. The van der Waals surface area contributed by atoms with Crippen LogP contribution in [0.15, 0.2) is 108 Å². The Morgan fingerprint density at radius 3 is 1.31 bits per heavy atom. The van der Waals surface area contributed by atoms with Crippen LogP contribution in [-0.2, 0) is 60.4 Å². The van der Waals surface area contributed by atoms with Crippen LogP contribution in [0, 0.1) is 14.9 Å². The van der Waals surface area contributed by atoms with Crippen molar-refractivity contribution in [1.82, 2.24) is 30.1 Å². The number of rotatable bonds is 2. The maximum Gasteiger partial charge on any atom is 0.417 e. The number of pyridine rings is 3. The number of nitriles is 1. The third-order valence-electron chi connectivity index (χ3n) is 16.5. The fourth-order valence-corrected chi connectivity index (χ4v) is 13.2. The highest BCUT2D eigenvalue weighted by Crippen LogP contribution is 2.43. The van der Waals surface area contributed by atoms with Crippen LogP contribution in [-0.4, -0.2) is 89.4 Å². The predicted octanol–water partition coefficient (Wildman–Crippen LogP) is 15.7.